The molecule has 0 aliphatic rings. The minimum atomic E-state index is -0.200. The second kappa shape index (κ2) is 9.18. The van der Waals surface area contributed by atoms with E-state index in [4.69, 9.17) is 5.10 Å². The van der Waals surface area contributed by atoms with Crippen molar-refractivity contribution >= 4 is 22.2 Å². The Balaban J connectivity index is 1.78. The smallest absolute Gasteiger partial charge is 0.268 e. The van der Waals surface area contributed by atoms with Crippen molar-refractivity contribution in [1.82, 2.24) is 24.5 Å². The second-order valence-electron chi connectivity index (χ2n) is 9.30. The van der Waals surface area contributed by atoms with Gasteiger partial charge in [0.25, 0.3) is 5.56 Å². The van der Waals surface area contributed by atoms with E-state index in [-0.39, 0.29) is 23.9 Å². The third-order valence-corrected chi connectivity index (χ3v) is 7.37. The largest absolute Gasteiger partial charge is 0.353 e. The number of aryl methyl sites for hydroxylation is 3. The number of aromatic nitrogens is 4. The lowest BCUT2D eigenvalue weighted by atomic mass is 10.1. The zero-order valence-electron chi connectivity index (χ0n) is 20.8. The monoisotopic (exact) mass is 477 g/mol. The number of amides is 1. The number of hydrogen-bond donors (Lipinski definition) is 1. The fourth-order valence-electron chi connectivity index (χ4n) is 3.97. The summed E-state index contributed by atoms with van der Waals surface area (Å²) in [4.78, 5) is 31.5. The van der Waals surface area contributed by atoms with E-state index < -0.39 is 0 Å². The third-order valence-electron chi connectivity index (χ3n) is 6.50. The molecule has 0 saturated heterocycles. The van der Waals surface area contributed by atoms with Gasteiger partial charge < -0.3 is 5.32 Å². The molecule has 4 aromatic rings. The lowest BCUT2D eigenvalue weighted by Gasteiger charge is -2.17. The normalized spacial score (nSPS) is 12.5. The Morgan fingerprint density at radius 2 is 1.88 bits per heavy atom. The van der Waals surface area contributed by atoms with Gasteiger partial charge in [-0.05, 0) is 63.8 Å². The fourth-order valence-corrected chi connectivity index (χ4v) is 4.89. The van der Waals surface area contributed by atoms with Crippen LogP contribution in [0.1, 0.15) is 49.0 Å². The summed E-state index contributed by atoms with van der Waals surface area (Å²) in [7, 11) is 0. The van der Waals surface area contributed by atoms with Gasteiger partial charge in [-0.1, -0.05) is 26.0 Å². The first kappa shape index (κ1) is 23.9. The van der Waals surface area contributed by atoms with E-state index in [1.165, 1.54) is 16.9 Å². The standard InChI is InChI=1S/C26H31N5O2S/c1-14(2)18(6)27-23(32)12-20-13-34-26-28-19(7)24(25(33)30(20)26)21-11-16(4)31(29-21)22-10-8-9-15(3)17(22)5/h8-11,13-14,18H,12H2,1-7H3,(H,27,32). The number of carbonyl (C=O) groups excluding carboxylic acids is 1. The molecule has 178 valence electrons. The maximum Gasteiger partial charge on any atom is 0.268 e. The summed E-state index contributed by atoms with van der Waals surface area (Å²) < 4.78 is 3.43. The molecule has 1 amide bonds. The lowest BCUT2D eigenvalue weighted by molar-refractivity contribution is -0.121. The molecule has 0 aliphatic heterocycles. The highest BCUT2D eigenvalue weighted by atomic mass is 32.1. The molecular weight excluding hydrogens is 446 g/mol. The lowest BCUT2D eigenvalue weighted by Crippen LogP contribution is -2.37. The highest BCUT2D eigenvalue weighted by Crippen LogP contribution is 2.25. The summed E-state index contributed by atoms with van der Waals surface area (Å²) in [5.74, 6) is 0.224. The Bertz CT molecular complexity index is 1440. The Morgan fingerprint density at radius 3 is 2.59 bits per heavy atom. The number of nitrogens with one attached hydrogen (secondary N) is 1. The van der Waals surface area contributed by atoms with E-state index in [0.717, 1.165) is 16.9 Å². The molecule has 3 heterocycles. The molecule has 1 aromatic carbocycles. The van der Waals surface area contributed by atoms with Crippen LogP contribution in [0.5, 0.6) is 0 Å². The number of thiazole rings is 1. The molecule has 0 saturated carbocycles. The first-order valence-electron chi connectivity index (χ1n) is 11.5. The van der Waals surface area contributed by atoms with Gasteiger partial charge in [-0.25, -0.2) is 9.67 Å². The van der Waals surface area contributed by atoms with Gasteiger partial charge in [0.1, 0.15) is 5.69 Å². The van der Waals surface area contributed by atoms with Crippen molar-refractivity contribution in [3.05, 3.63) is 68.2 Å². The van der Waals surface area contributed by atoms with Gasteiger partial charge in [0.2, 0.25) is 5.91 Å². The van der Waals surface area contributed by atoms with Crippen LogP contribution < -0.4 is 10.9 Å². The van der Waals surface area contributed by atoms with Crippen molar-refractivity contribution in [2.75, 3.05) is 0 Å². The quantitative estimate of drug-likeness (QED) is 0.442. The molecule has 3 aromatic heterocycles. The molecule has 0 fully saturated rings. The molecule has 34 heavy (non-hydrogen) atoms. The summed E-state index contributed by atoms with van der Waals surface area (Å²) in [6.07, 6.45) is 0.122. The summed E-state index contributed by atoms with van der Waals surface area (Å²) >= 11 is 1.37. The molecule has 4 rings (SSSR count). The Morgan fingerprint density at radius 1 is 1.15 bits per heavy atom. The van der Waals surface area contributed by atoms with E-state index in [0.29, 0.717) is 33.5 Å². The van der Waals surface area contributed by atoms with Crippen molar-refractivity contribution in [1.29, 1.82) is 0 Å². The Labute approximate surface area is 203 Å². The van der Waals surface area contributed by atoms with E-state index in [1.807, 2.05) is 49.0 Å². The van der Waals surface area contributed by atoms with Crippen molar-refractivity contribution < 1.29 is 4.79 Å². The van der Waals surface area contributed by atoms with Gasteiger partial charge in [0, 0.05) is 22.8 Å². The molecule has 7 nitrogen and oxygen atoms in total. The van der Waals surface area contributed by atoms with Crippen LogP contribution in [-0.2, 0) is 11.2 Å². The Kier molecular flexibility index (Phi) is 6.45. The number of benzene rings is 1. The highest BCUT2D eigenvalue weighted by Gasteiger charge is 2.21. The zero-order chi connectivity index (χ0) is 24.7. The average Bonchev–Trinajstić information content (AvgIpc) is 3.33. The van der Waals surface area contributed by atoms with Crippen LogP contribution in [0.15, 0.2) is 34.4 Å². The maximum atomic E-state index is 13.7. The van der Waals surface area contributed by atoms with Gasteiger partial charge in [0.05, 0.1) is 23.4 Å². The fraction of sp³-hybridized carbons (Fsp3) is 0.385. The predicted octanol–water partition coefficient (Wildman–Crippen LogP) is 4.55. The number of nitrogens with zero attached hydrogens (tertiary/aromatic N) is 4. The van der Waals surface area contributed by atoms with Gasteiger partial charge in [-0.2, -0.15) is 5.10 Å². The molecule has 0 bridgehead atoms. The first-order chi connectivity index (χ1) is 16.1. The molecule has 0 aliphatic carbocycles. The molecule has 8 heteroatoms. The summed E-state index contributed by atoms with van der Waals surface area (Å²) in [5, 5.41) is 9.65. The van der Waals surface area contributed by atoms with Crippen LogP contribution in [0.4, 0.5) is 0 Å². The van der Waals surface area contributed by atoms with Crippen molar-refractivity contribution in [3.8, 4) is 16.9 Å². The van der Waals surface area contributed by atoms with Crippen molar-refractivity contribution in [2.24, 2.45) is 5.92 Å². The van der Waals surface area contributed by atoms with Crippen LogP contribution in [0.2, 0.25) is 0 Å². The third kappa shape index (κ3) is 4.30. The number of fused-ring (bicyclic) bond motifs is 1. The van der Waals surface area contributed by atoms with Gasteiger partial charge in [-0.15, -0.1) is 11.3 Å². The van der Waals surface area contributed by atoms with Crippen LogP contribution in [0, 0.1) is 33.6 Å². The second-order valence-corrected chi connectivity index (χ2v) is 10.1. The molecular formula is C26H31N5O2S. The van der Waals surface area contributed by atoms with E-state index in [1.54, 1.807) is 4.40 Å². The highest BCUT2D eigenvalue weighted by molar-refractivity contribution is 7.15. The maximum absolute atomic E-state index is 13.7. The molecule has 1 N–H and O–H groups in total. The topological polar surface area (TPSA) is 81.3 Å². The first-order valence-corrected chi connectivity index (χ1v) is 12.4. The average molecular weight is 478 g/mol. The summed E-state index contributed by atoms with van der Waals surface area (Å²) in [6, 6.07) is 8.09. The van der Waals surface area contributed by atoms with E-state index in [9.17, 15) is 9.59 Å². The molecule has 1 atom stereocenters. The minimum Gasteiger partial charge on any atom is -0.353 e. The van der Waals surface area contributed by atoms with Crippen LogP contribution in [0.3, 0.4) is 0 Å². The van der Waals surface area contributed by atoms with Crippen LogP contribution >= 0.6 is 11.3 Å². The molecule has 1 unspecified atom stereocenters. The van der Waals surface area contributed by atoms with E-state index in [2.05, 4.69) is 44.1 Å². The van der Waals surface area contributed by atoms with E-state index >= 15 is 0 Å². The summed E-state index contributed by atoms with van der Waals surface area (Å²) in [6.45, 7) is 14.1. The van der Waals surface area contributed by atoms with Gasteiger partial charge in [-0.3, -0.25) is 14.0 Å². The Hall–Kier alpha value is -3.26. The number of rotatable bonds is 6. The SMILES string of the molecule is Cc1cccc(-n2nc(-c3c(C)nc4scc(CC(=O)NC(C)C(C)C)n4c3=O)cc2C)c1C. The van der Waals surface area contributed by atoms with Crippen molar-refractivity contribution in [2.45, 2.75) is 60.9 Å². The predicted molar refractivity (Wildman–Crippen MR) is 137 cm³/mol. The summed E-state index contributed by atoms with van der Waals surface area (Å²) in [5.41, 5.74) is 6.35. The minimum absolute atomic E-state index is 0.0575. The molecule has 0 spiro atoms. The zero-order valence-corrected chi connectivity index (χ0v) is 21.6. The van der Waals surface area contributed by atoms with Crippen LogP contribution in [0.25, 0.3) is 21.9 Å². The van der Waals surface area contributed by atoms with Gasteiger partial charge >= 0.3 is 0 Å². The molecule has 0 radical (unpaired) electrons. The number of hydrogen-bond acceptors (Lipinski definition) is 5. The number of carbonyl (C=O) groups is 1. The van der Waals surface area contributed by atoms with Crippen LogP contribution in [-0.4, -0.2) is 31.1 Å². The van der Waals surface area contributed by atoms with Gasteiger partial charge in [0.15, 0.2) is 4.96 Å². The van der Waals surface area contributed by atoms with Crippen molar-refractivity contribution in [3.63, 3.8) is 0 Å².